The van der Waals surface area contributed by atoms with Crippen LogP contribution >= 0.6 is 11.8 Å². The SMILES string of the molecule is CCCn1c(SCC(=O)N(C)C2CCC(C)CC2)n[nH]c1=O. The molecule has 1 aromatic rings. The van der Waals surface area contributed by atoms with Crippen molar-refractivity contribution < 1.29 is 4.79 Å². The summed E-state index contributed by atoms with van der Waals surface area (Å²) in [5.41, 5.74) is -0.202. The topological polar surface area (TPSA) is 71.0 Å². The second-order valence-corrected chi connectivity index (χ2v) is 7.11. The van der Waals surface area contributed by atoms with E-state index in [2.05, 4.69) is 17.1 Å². The maximum absolute atomic E-state index is 12.4. The van der Waals surface area contributed by atoms with Crippen LogP contribution in [0.4, 0.5) is 0 Å². The number of carbonyl (C=O) groups is 1. The molecule has 7 heteroatoms. The normalized spacial score (nSPS) is 21.8. The summed E-state index contributed by atoms with van der Waals surface area (Å²) >= 11 is 1.34. The molecule has 1 saturated carbocycles. The number of thioether (sulfide) groups is 1. The maximum Gasteiger partial charge on any atom is 0.343 e. The Balaban J connectivity index is 1.88. The Hall–Kier alpha value is -1.24. The molecule has 1 aromatic heterocycles. The predicted molar refractivity (Wildman–Crippen MR) is 88.1 cm³/mol. The molecule has 0 aromatic carbocycles. The highest BCUT2D eigenvalue weighted by Crippen LogP contribution is 2.27. The van der Waals surface area contributed by atoms with Crippen molar-refractivity contribution in [2.75, 3.05) is 12.8 Å². The third-order valence-corrected chi connectivity index (χ3v) is 5.38. The molecule has 1 aliphatic rings. The minimum absolute atomic E-state index is 0.114. The number of aromatic nitrogens is 3. The van der Waals surface area contributed by atoms with E-state index in [0.29, 0.717) is 23.5 Å². The van der Waals surface area contributed by atoms with E-state index in [9.17, 15) is 9.59 Å². The van der Waals surface area contributed by atoms with E-state index in [1.54, 1.807) is 4.57 Å². The largest absolute Gasteiger partial charge is 0.343 e. The van der Waals surface area contributed by atoms with Crippen LogP contribution in [0.25, 0.3) is 0 Å². The van der Waals surface area contributed by atoms with Crippen molar-refractivity contribution in [1.29, 1.82) is 0 Å². The van der Waals surface area contributed by atoms with Crippen molar-refractivity contribution in [2.45, 2.75) is 63.7 Å². The lowest BCUT2D eigenvalue weighted by Gasteiger charge is -2.33. The van der Waals surface area contributed by atoms with Gasteiger partial charge in [-0.2, -0.15) is 0 Å². The van der Waals surface area contributed by atoms with E-state index in [1.165, 1.54) is 24.6 Å². The molecule has 2 rings (SSSR count). The fourth-order valence-corrected chi connectivity index (χ4v) is 3.79. The number of carbonyl (C=O) groups excluding carboxylic acids is 1. The highest BCUT2D eigenvalue weighted by molar-refractivity contribution is 7.99. The maximum atomic E-state index is 12.4. The number of hydrogen-bond donors (Lipinski definition) is 1. The molecule has 0 bridgehead atoms. The standard InChI is InChI=1S/C15H26N4O2S/c1-4-9-19-14(21)16-17-15(19)22-10-13(20)18(3)12-7-5-11(2)6-8-12/h11-12H,4-10H2,1-3H3,(H,16,21). The number of hydrogen-bond acceptors (Lipinski definition) is 4. The molecular formula is C15H26N4O2S. The van der Waals surface area contributed by atoms with Gasteiger partial charge >= 0.3 is 5.69 Å². The Morgan fingerprint density at radius 1 is 1.41 bits per heavy atom. The predicted octanol–water partition coefficient (Wildman–Crippen LogP) is 2.11. The third kappa shape index (κ3) is 4.15. The Bertz CT molecular complexity index is 546. The molecule has 0 saturated heterocycles. The van der Waals surface area contributed by atoms with Crippen molar-refractivity contribution in [1.82, 2.24) is 19.7 Å². The number of rotatable bonds is 6. The molecule has 1 N–H and O–H groups in total. The molecule has 6 nitrogen and oxygen atoms in total. The van der Waals surface area contributed by atoms with Crippen LogP contribution in [0, 0.1) is 5.92 Å². The Kier molecular flexibility index (Phi) is 6.11. The average molecular weight is 326 g/mol. The molecule has 1 heterocycles. The fraction of sp³-hybridized carbons (Fsp3) is 0.800. The summed E-state index contributed by atoms with van der Waals surface area (Å²) in [7, 11) is 1.90. The molecule has 1 fully saturated rings. The molecule has 0 radical (unpaired) electrons. The minimum Gasteiger partial charge on any atom is -0.342 e. The second kappa shape index (κ2) is 7.85. The number of nitrogens with zero attached hydrogens (tertiary/aromatic N) is 3. The molecule has 0 unspecified atom stereocenters. The zero-order chi connectivity index (χ0) is 16.1. The Morgan fingerprint density at radius 3 is 2.73 bits per heavy atom. The monoisotopic (exact) mass is 326 g/mol. The van der Waals surface area contributed by atoms with E-state index >= 15 is 0 Å². The van der Waals surface area contributed by atoms with E-state index in [4.69, 9.17) is 0 Å². The lowest BCUT2D eigenvalue weighted by atomic mass is 9.87. The van der Waals surface area contributed by atoms with Crippen LogP contribution < -0.4 is 5.69 Å². The van der Waals surface area contributed by atoms with Gasteiger partial charge in [0.1, 0.15) is 0 Å². The average Bonchev–Trinajstić information content (AvgIpc) is 2.86. The summed E-state index contributed by atoms with van der Waals surface area (Å²) in [6.45, 7) is 4.91. The summed E-state index contributed by atoms with van der Waals surface area (Å²) in [4.78, 5) is 25.9. The first-order valence-corrected chi connectivity index (χ1v) is 9.05. The van der Waals surface area contributed by atoms with E-state index in [0.717, 1.165) is 25.2 Å². The number of amides is 1. The lowest BCUT2D eigenvalue weighted by molar-refractivity contribution is -0.129. The van der Waals surface area contributed by atoms with Crippen LogP contribution in [0.15, 0.2) is 9.95 Å². The van der Waals surface area contributed by atoms with Crippen molar-refractivity contribution in [3.05, 3.63) is 10.5 Å². The van der Waals surface area contributed by atoms with Crippen molar-refractivity contribution in [2.24, 2.45) is 5.92 Å². The van der Waals surface area contributed by atoms with Crippen LogP contribution in [0.2, 0.25) is 0 Å². The minimum atomic E-state index is -0.202. The molecule has 0 aliphatic heterocycles. The summed E-state index contributed by atoms with van der Waals surface area (Å²) in [5, 5.41) is 7.06. The van der Waals surface area contributed by atoms with Crippen LogP contribution in [0.5, 0.6) is 0 Å². The van der Waals surface area contributed by atoms with E-state index in [1.807, 2.05) is 18.9 Å². The summed E-state index contributed by atoms with van der Waals surface area (Å²) in [6.07, 6.45) is 5.45. The van der Waals surface area contributed by atoms with Gasteiger partial charge in [0.15, 0.2) is 5.16 Å². The zero-order valence-corrected chi connectivity index (χ0v) is 14.5. The van der Waals surface area contributed by atoms with Gasteiger partial charge in [-0.05, 0) is 38.0 Å². The summed E-state index contributed by atoms with van der Waals surface area (Å²) in [6, 6.07) is 0.362. The quantitative estimate of drug-likeness (QED) is 0.813. The second-order valence-electron chi connectivity index (χ2n) is 6.17. The van der Waals surface area contributed by atoms with Crippen molar-refractivity contribution in [3.8, 4) is 0 Å². The Morgan fingerprint density at radius 2 is 2.09 bits per heavy atom. The van der Waals surface area contributed by atoms with Crippen LogP contribution in [-0.2, 0) is 11.3 Å². The lowest BCUT2D eigenvalue weighted by Crippen LogP contribution is -2.40. The van der Waals surface area contributed by atoms with Crippen LogP contribution in [-0.4, -0.2) is 44.4 Å². The van der Waals surface area contributed by atoms with Crippen molar-refractivity contribution in [3.63, 3.8) is 0 Å². The smallest absolute Gasteiger partial charge is 0.342 e. The van der Waals surface area contributed by atoms with Gasteiger partial charge in [-0.1, -0.05) is 25.6 Å². The van der Waals surface area contributed by atoms with E-state index < -0.39 is 0 Å². The van der Waals surface area contributed by atoms with Gasteiger partial charge < -0.3 is 4.90 Å². The van der Waals surface area contributed by atoms with Gasteiger partial charge in [0.05, 0.1) is 5.75 Å². The molecular weight excluding hydrogens is 300 g/mol. The highest BCUT2D eigenvalue weighted by atomic mass is 32.2. The summed E-state index contributed by atoms with van der Waals surface area (Å²) in [5.74, 6) is 1.22. The molecule has 0 spiro atoms. The first-order chi connectivity index (χ1) is 10.5. The molecule has 124 valence electrons. The van der Waals surface area contributed by atoms with Gasteiger partial charge in [-0.3, -0.25) is 9.36 Å². The first-order valence-electron chi connectivity index (χ1n) is 8.06. The van der Waals surface area contributed by atoms with Gasteiger partial charge in [-0.25, -0.2) is 9.89 Å². The first kappa shape index (κ1) is 17.1. The third-order valence-electron chi connectivity index (χ3n) is 4.42. The van der Waals surface area contributed by atoms with Gasteiger partial charge in [0.2, 0.25) is 5.91 Å². The van der Waals surface area contributed by atoms with Gasteiger partial charge in [0.25, 0.3) is 0 Å². The Labute approximate surface area is 135 Å². The number of aromatic amines is 1. The van der Waals surface area contributed by atoms with Crippen molar-refractivity contribution >= 4 is 17.7 Å². The van der Waals surface area contributed by atoms with Gasteiger partial charge in [0, 0.05) is 19.6 Å². The fourth-order valence-electron chi connectivity index (χ4n) is 2.90. The number of H-pyrrole nitrogens is 1. The van der Waals surface area contributed by atoms with Crippen LogP contribution in [0.1, 0.15) is 46.0 Å². The molecule has 22 heavy (non-hydrogen) atoms. The highest BCUT2D eigenvalue weighted by Gasteiger charge is 2.25. The van der Waals surface area contributed by atoms with Crippen LogP contribution in [0.3, 0.4) is 0 Å². The summed E-state index contributed by atoms with van der Waals surface area (Å²) < 4.78 is 1.60. The number of nitrogens with one attached hydrogen (secondary N) is 1. The zero-order valence-electron chi connectivity index (χ0n) is 13.7. The molecule has 0 atom stereocenters. The van der Waals surface area contributed by atoms with Gasteiger partial charge in [-0.15, -0.1) is 5.10 Å². The molecule has 1 aliphatic carbocycles. The van der Waals surface area contributed by atoms with E-state index in [-0.39, 0.29) is 11.6 Å². The molecule has 1 amide bonds.